The molecule has 0 N–H and O–H groups in total. The van der Waals surface area contributed by atoms with Crippen molar-refractivity contribution in [1.29, 1.82) is 0 Å². The van der Waals surface area contributed by atoms with Crippen molar-refractivity contribution >= 4 is 11.9 Å². The Morgan fingerprint density at radius 2 is 1.90 bits per heavy atom. The molecule has 5 aliphatic rings. The van der Waals surface area contributed by atoms with Crippen LogP contribution in [0.2, 0.25) is 0 Å². The summed E-state index contributed by atoms with van der Waals surface area (Å²) in [4.78, 5) is 24.3. The second-order valence-corrected chi connectivity index (χ2v) is 6.94. The van der Waals surface area contributed by atoms with Gasteiger partial charge in [-0.25, -0.2) is 0 Å². The minimum Gasteiger partial charge on any atom is -0.393 e. The third kappa shape index (κ3) is 1.06. The van der Waals surface area contributed by atoms with Gasteiger partial charge in [-0.05, 0) is 12.8 Å². The van der Waals surface area contributed by atoms with Gasteiger partial charge in [0.1, 0.15) is 11.8 Å². The van der Waals surface area contributed by atoms with Gasteiger partial charge >= 0.3 is 11.9 Å². The smallest absolute Gasteiger partial charge is 0.320 e. The highest BCUT2D eigenvalue weighted by molar-refractivity contribution is 5.98. The Morgan fingerprint density at radius 1 is 1.10 bits per heavy atom. The second-order valence-electron chi connectivity index (χ2n) is 6.94. The van der Waals surface area contributed by atoms with Crippen LogP contribution in [0.4, 0.5) is 0 Å². The summed E-state index contributed by atoms with van der Waals surface area (Å²) in [5, 5.41) is 0. The first-order valence-corrected chi connectivity index (χ1v) is 7.88. The van der Waals surface area contributed by atoms with Crippen molar-refractivity contribution in [1.82, 2.24) is 0 Å². The molecule has 4 bridgehead atoms. The number of hydrogen-bond acceptors (Lipinski definition) is 5. The predicted molar refractivity (Wildman–Crippen MR) is 70.0 cm³/mol. The average Bonchev–Trinajstić information content (AvgIpc) is 3.23. The molecule has 5 nitrogen and oxygen atoms in total. The molecule has 21 heavy (non-hydrogen) atoms. The Kier molecular flexibility index (Phi) is 2.01. The van der Waals surface area contributed by atoms with Gasteiger partial charge in [0.25, 0.3) is 0 Å². The molecule has 0 aliphatic carbocycles. The van der Waals surface area contributed by atoms with Crippen LogP contribution in [0.1, 0.15) is 26.7 Å². The molecule has 5 aliphatic heterocycles. The maximum absolute atomic E-state index is 12.2. The van der Waals surface area contributed by atoms with Crippen molar-refractivity contribution < 1.29 is 23.8 Å². The van der Waals surface area contributed by atoms with Gasteiger partial charge in [-0.3, -0.25) is 9.59 Å². The molecular weight excluding hydrogens is 272 g/mol. The van der Waals surface area contributed by atoms with Crippen molar-refractivity contribution in [2.24, 2.45) is 23.7 Å². The van der Waals surface area contributed by atoms with E-state index in [-0.39, 0.29) is 29.6 Å². The molecule has 0 aromatic carbocycles. The number of esters is 2. The molecule has 0 spiro atoms. The van der Waals surface area contributed by atoms with Gasteiger partial charge in [0.05, 0.1) is 23.4 Å². The van der Waals surface area contributed by atoms with Gasteiger partial charge in [-0.2, -0.15) is 0 Å². The van der Waals surface area contributed by atoms with Crippen LogP contribution in [0, 0.1) is 23.7 Å². The van der Waals surface area contributed by atoms with Crippen molar-refractivity contribution in [3.8, 4) is 0 Å². The second kappa shape index (κ2) is 3.41. The summed E-state index contributed by atoms with van der Waals surface area (Å²) in [6.07, 6.45) is 5.59. The van der Waals surface area contributed by atoms with Crippen LogP contribution < -0.4 is 0 Å². The standard InChI is InChI=1S/C16H18O5/c1-3-15-6-5-7(20-15)9-11(15)12-8-10(14(18)19-13(8)17)16(9,4-2)21-12/h5-12H,3-4H2,1-2H3. The minimum absolute atomic E-state index is 0.00403. The summed E-state index contributed by atoms with van der Waals surface area (Å²) < 4.78 is 17.6. The van der Waals surface area contributed by atoms with Crippen molar-refractivity contribution in [2.45, 2.75) is 50.1 Å². The summed E-state index contributed by atoms with van der Waals surface area (Å²) in [5.41, 5.74) is -0.913. The molecule has 8 unspecified atom stereocenters. The third-order valence-electron chi connectivity index (χ3n) is 6.57. The summed E-state index contributed by atoms with van der Waals surface area (Å²) in [6, 6.07) is 0. The third-order valence-corrected chi connectivity index (χ3v) is 6.57. The molecule has 5 heterocycles. The van der Waals surface area contributed by atoms with E-state index < -0.39 is 29.4 Å². The van der Waals surface area contributed by atoms with Gasteiger partial charge in [0.15, 0.2) is 0 Å². The van der Waals surface area contributed by atoms with E-state index in [1.54, 1.807) is 0 Å². The van der Waals surface area contributed by atoms with E-state index in [1.165, 1.54) is 0 Å². The van der Waals surface area contributed by atoms with Gasteiger partial charge in [-0.1, -0.05) is 26.0 Å². The lowest BCUT2D eigenvalue weighted by molar-refractivity contribution is -0.161. The number of fused-ring (bicyclic) bond motifs is 12. The van der Waals surface area contributed by atoms with Crippen LogP contribution in [-0.2, 0) is 23.8 Å². The number of rotatable bonds is 2. The van der Waals surface area contributed by atoms with E-state index in [0.29, 0.717) is 6.42 Å². The van der Waals surface area contributed by atoms with E-state index in [9.17, 15) is 9.59 Å². The normalized spacial score (nSPS) is 58.8. The zero-order valence-electron chi connectivity index (χ0n) is 12.1. The predicted octanol–water partition coefficient (Wildman–Crippen LogP) is 1.21. The molecule has 0 radical (unpaired) electrons. The van der Waals surface area contributed by atoms with E-state index in [0.717, 1.165) is 6.42 Å². The summed E-state index contributed by atoms with van der Waals surface area (Å²) >= 11 is 0. The maximum Gasteiger partial charge on any atom is 0.320 e. The summed E-state index contributed by atoms with van der Waals surface area (Å²) in [6.45, 7) is 4.14. The molecular formula is C16H18O5. The number of cyclic esters (lactones) is 2. The maximum atomic E-state index is 12.2. The molecule has 4 fully saturated rings. The van der Waals surface area contributed by atoms with E-state index in [2.05, 4.69) is 19.1 Å². The molecule has 0 aromatic heterocycles. The molecule has 5 rings (SSSR count). The van der Waals surface area contributed by atoms with Crippen molar-refractivity contribution in [3.05, 3.63) is 12.2 Å². The first-order chi connectivity index (χ1) is 10.1. The highest BCUT2D eigenvalue weighted by atomic mass is 16.6. The zero-order chi connectivity index (χ0) is 14.6. The van der Waals surface area contributed by atoms with E-state index >= 15 is 0 Å². The number of ether oxygens (including phenoxy) is 3. The average molecular weight is 290 g/mol. The SMILES string of the molecule is CCC12C=CC(O1)C1C2C2OC1(CC)C1C(=O)OC(=O)C21. The van der Waals surface area contributed by atoms with Crippen LogP contribution in [-0.4, -0.2) is 35.3 Å². The fourth-order valence-corrected chi connectivity index (χ4v) is 5.84. The molecule has 0 aromatic rings. The molecule has 5 heteroatoms. The van der Waals surface area contributed by atoms with E-state index in [1.807, 2.05) is 6.92 Å². The fraction of sp³-hybridized carbons (Fsp3) is 0.750. The molecule has 4 saturated heterocycles. The van der Waals surface area contributed by atoms with Crippen LogP contribution in [0.5, 0.6) is 0 Å². The van der Waals surface area contributed by atoms with Crippen LogP contribution in [0.25, 0.3) is 0 Å². The van der Waals surface area contributed by atoms with E-state index in [4.69, 9.17) is 14.2 Å². The Balaban J connectivity index is 1.70. The van der Waals surface area contributed by atoms with Crippen LogP contribution >= 0.6 is 0 Å². The quantitative estimate of drug-likeness (QED) is 0.434. The van der Waals surface area contributed by atoms with Crippen LogP contribution in [0.3, 0.4) is 0 Å². The molecule has 112 valence electrons. The lowest BCUT2D eigenvalue weighted by Gasteiger charge is -2.41. The summed E-state index contributed by atoms with van der Waals surface area (Å²) in [7, 11) is 0. The van der Waals surface area contributed by atoms with Gasteiger partial charge in [-0.15, -0.1) is 0 Å². The van der Waals surface area contributed by atoms with Gasteiger partial charge in [0, 0.05) is 11.8 Å². The Hall–Kier alpha value is -1.20. The number of hydrogen-bond donors (Lipinski definition) is 0. The topological polar surface area (TPSA) is 61.8 Å². The molecule has 0 amide bonds. The Labute approximate surface area is 122 Å². The monoisotopic (exact) mass is 290 g/mol. The lowest BCUT2D eigenvalue weighted by atomic mass is 9.56. The number of carbonyl (C=O) groups excluding carboxylic acids is 2. The minimum atomic E-state index is -0.588. The molecule has 0 saturated carbocycles. The Morgan fingerprint density at radius 3 is 2.62 bits per heavy atom. The first-order valence-electron chi connectivity index (χ1n) is 7.88. The first kappa shape index (κ1) is 12.4. The Bertz CT molecular complexity index is 597. The number of carbonyl (C=O) groups is 2. The highest BCUT2D eigenvalue weighted by Gasteiger charge is 2.81. The van der Waals surface area contributed by atoms with Crippen molar-refractivity contribution in [2.75, 3.05) is 0 Å². The largest absolute Gasteiger partial charge is 0.393 e. The highest BCUT2D eigenvalue weighted by Crippen LogP contribution is 2.69. The van der Waals surface area contributed by atoms with Gasteiger partial charge < -0.3 is 14.2 Å². The van der Waals surface area contributed by atoms with Gasteiger partial charge in [0.2, 0.25) is 0 Å². The van der Waals surface area contributed by atoms with Crippen LogP contribution in [0.15, 0.2) is 12.2 Å². The fourth-order valence-electron chi connectivity index (χ4n) is 5.84. The lowest BCUT2D eigenvalue weighted by Crippen LogP contribution is -2.54. The summed E-state index contributed by atoms with van der Waals surface area (Å²) in [5.74, 6) is -1.34. The van der Waals surface area contributed by atoms with Crippen molar-refractivity contribution in [3.63, 3.8) is 0 Å². The molecule has 8 atom stereocenters. The zero-order valence-corrected chi connectivity index (χ0v) is 12.1.